The number of halogens is 1. The topological polar surface area (TPSA) is 165 Å². The lowest BCUT2D eigenvalue weighted by molar-refractivity contribution is -0.160. The summed E-state index contributed by atoms with van der Waals surface area (Å²) in [5.74, 6) is -6.43. The van der Waals surface area contributed by atoms with Crippen molar-refractivity contribution in [1.82, 2.24) is 9.80 Å². The summed E-state index contributed by atoms with van der Waals surface area (Å²) >= 11 is 0. The van der Waals surface area contributed by atoms with E-state index in [0.29, 0.717) is 24.9 Å². The first kappa shape index (κ1) is 29.4. The fraction of sp³-hybridized carbons (Fsp3) is 0.519. The van der Waals surface area contributed by atoms with Crippen molar-refractivity contribution in [3.8, 4) is 5.75 Å². The Hall–Kier alpha value is -3.12. The number of aryl methyl sites for hydroxylation is 1. The highest BCUT2D eigenvalue weighted by Gasteiger charge is 2.63. The van der Waals surface area contributed by atoms with Crippen LogP contribution in [0.1, 0.15) is 29.5 Å². The average Bonchev–Trinajstić information content (AvgIpc) is 2.84. The Kier molecular flexibility index (Phi) is 8.47. The van der Waals surface area contributed by atoms with Gasteiger partial charge in [-0.15, -0.1) is 0 Å². The predicted molar refractivity (Wildman–Crippen MR) is 138 cm³/mol. The Morgan fingerprint density at radius 3 is 2.34 bits per heavy atom. The molecule has 0 saturated heterocycles. The molecule has 6 N–H and O–H groups in total. The molecule has 1 fully saturated rings. The van der Waals surface area contributed by atoms with Crippen LogP contribution in [0.4, 0.5) is 4.39 Å². The fourth-order valence-corrected chi connectivity index (χ4v) is 5.91. The zero-order valence-electron chi connectivity index (χ0n) is 22.3. The van der Waals surface area contributed by atoms with Gasteiger partial charge in [-0.25, -0.2) is 4.39 Å². The molecule has 11 heteroatoms. The molecular formula is C27H36FN3O7. The van der Waals surface area contributed by atoms with Gasteiger partial charge < -0.3 is 36.0 Å². The zero-order chi connectivity index (χ0) is 28.7. The molecule has 0 bridgehead atoms. The number of Topliss-reactive ketones (excluding diaryl/α,β-unsaturated/α-hetero) is 2. The van der Waals surface area contributed by atoms with E-state index in [9.17, 15) is 29.7 Å². The van der Waals surface area contributed by atoms with Crippen molar-refractivity contribution in [2.24, 2.45) is 17.6 Å². The molecule has 4 atom stereocenters. The number of aromatic hydroxyl groups is 1. The molecule has 0 aliphatic heterocycles. The molecule has 0 aromatic heterocycles. The van der Waals surface area contributed by atoms with Gasteiger partial charge in [-0.1, -0.05) is 6.08 Å². The fourth-order valence-electron chi connectivity index (χ4n) is 5.91. The van der Waals surface area contributed by atoms with Crippen LogP contribution in [-0.2, 0) is 27.2 Å². The van der Waals surface area contributed by atoms with Gasteiger partial charge in [-0.05, 0) is 78.0 Å². The Balaban J connectivity index is 0.00000195. The summed E-state index contributed by atoms with van der Waals surface area (Å²) in [6.07, 6.45) is 2.40. The number of hydrogen-bond donors (Lipinski definition) is 5. The van der Waals surface area contributed by atoms with Crippen molar-refractivity contribution in [1.29, 1.82) is 0 Å². The van der Waals surface area contributed by atoms with E-state index in [0.717, 1.165) is 7.11 Å². The lowest BCUT2D eigenvalue weighted by Gasteiger charge is -2.49. The molecule has 1 aromatic carbocycles. The molecular weight excluding hydrogens is 497 g/mol. The molecule has 3 aliphatic carbocycles. The van der Waals surface area contributed by atoms with Crippen LogP contribution in [0.15, 0.2) is 23.3 Å². The number of nitrogens with two attached hydrogens (primary N) is 1. The molecule has 4 rings (SSSR count). The van der Waals surface area contributed by atoms with Gasteiger partial charge in [-0.3, -0.25) is 14.4 Å². The SMILES string of the molecule is CN(C)CCCc1cc(F)c2c(c1O)C(O)=C1C(=O)[C@]3(O)C(=O)C(C(N)=O)=C[C@@H](N(C)C)[C@@H]3C[C@@H]1C2.CO. The smallest absolute Gasteiger partial charge is 0.252 e. The third-order valence-corrected chi connectivity index (χ3v) is 7.70. The molecule has 208 valence electrons. The lowest BCUT2D eigenvalue weighted by Crippen LogP contribution is -2.66. The Bertz CT molecular complexity index is 1220. The largest absolute Gasteiger partial charge is 0.507 e. The van der Waals surface area contributed by atoms with Gasteiger partial charge in [-0.2, -0.15) is 0 Å². The number of likely N-dealkylation sites (N-methyl/N-ethyl adjacent to an activating group) is 1. The van der Waals surface area contributed by atoms with Crippen LogP contribution in [0.25, 0.3) is 5.76 Å². The number of aliphatic hydroxyl groups excluding tert-OH is 2. The second kappa shape index (κ2) is 10.9. The van der Waals surface area contributed by atoms with E-state index in [1.807, 2.05) is 19.0 Å². The van der Waals surface area contributed by atoms with Gasteiger partial charge in [0.15, 0.2) is 5.60 Å². The number of amides is 1. The monoisotopic (exact) mass is 533 g/mol. The highest BCUT2D eigenvalue weighted by molar-refractivity contribution is 6.32. The zero-order valence-corrected chi connectivity index (χ0v) is 22.3. The number of carbonyl (C=O) groups excluding carboxylic acids is 3. The third kappa shape index (κ3) is 4.64. The quantitative estimate of drug-likeness (QED) is 0.256. The molecule has 1 amide bonds. The number of benzene rings is 1. The highest BCUT2D eigenvalue weighted by atomic mass is 19.1. The summed E-state index contributed by atoms with van der Waals surface area (Å²) < 4.78 is 15.2. The summed E-state index contributed by atoms with van der Waals surface area (Å²) in [5, 5.41) is 40.7. The second-order valence-corrected chi connectivity index (χ2v) is 10.5. The standard InChI is InChI=1S/C26H32FN3O6.CH4O/c1-29(2)7-5-6-12-10-17(27)14-8-13-9-16-18(30(3)4)11-15(25(28)35)23(33)26(16,36)24(34)19(13)22(32)20(14)21(12)31;1-2/h10-11,13,16,18,31-32,36H,5-9H2,1-4H3,(H2,28,35);2H,1H3/t13-,16-,18+,26+;/m0./s1. The van der Waals surface area contributed by atoms with E-state index in [1.165, 1.54) is 12.1 Å². The van der Waals surface area contributed by atoms with Gasteiger partial charge in [0.1, 0.15) is 17.3 Å². The number of fused-ring (bicyclic) bond motifs is 3. The van der Waals surface area contributed by atoms with Gasteiger partial charge >= 0.3 is 0 Å². The molecule has 0 spiro atoms. The number of nitrogens with zero attached hydrogens (tertiary/aromatic N) is 2. The average molecular weight is 534 g/mol. The minimum Gasteiger partial charge on any atom is -0.507 e. The molecule has 1 saturated carbocycles. The van der Waals surface area contributed by atoms with Crippen molar-refractivity contribution in [2.75, 3.05) is 41.8 Å². The van der Waals surface area contributed by atoms with Crippen LogP contribution < -0.4 is 5.73 Å². The van der Waals surface area contributed by atoms with Crippen molar-refractivity contribution >= 4 is 23.2 Å². The van der Waals surface area contributed by atoms with Crippen LogP contribution in [0.3, 0.4) is 0 Å². The normalized spacial score (nSPS) is 26.4. The number of rotatable bonds is 6. The Morgan fingerprint density at radius 2 is 1.79 bits per heavy atom. The van der Waals surface area contributed by atoms with Crippen molar-refractivity contribution in [3.05, 3.63) is 45.8 Å². The molecule has 38 heavy (non-hydrogen) atoms. The Morgan fingerprint density at radius 1 is 1.16 bits per heavy atom. The van der Waals surface area contributed by atoms with Gasteiger partial charge in [0.05, 0.1) is 11.1 Å². The molecule has 3 aliphatic rings. The first-order valence-corrected chi connectivity index (χ1v) is 12.4. The van der Waals surface area contributed by atoms with E-state index < -0.39 is 58.1 Å². The van der Waals surface area contributed by atoms with Crippen molar-refractivity contribution < 1.29 is 39.2 Å². The molecule has 1 aromatic rings. The second-order valence-electron chi connectivity index (χ2n) is 10.5. The number of primary amides is 1. The van der Waals surface area contributed by atoms with Crippen molar-refractivity contribution in [3.63, 3.8) is 0 Å². The first-order chi connectivity index (χ1) is 17.8. The van der Waals surface area contributed by atoms with E-state index >= 15 is 4.39 Å². The molecule has 0 unspecified atom stereocenters. The van der Waals surface area contributed by atoms with E-state index in [4.69, 9.17) is 10.8 Å². The number of hydrogen-bond acceptors (Lipinski definition) is 9. The van der Waals surface area contributed by atoms with Gasteiger partial charge in [0, 0.05) is 30.2 Å². The molecule has 0 radical (unpaired) electrons. The maximum absolute atomic E-state index is 15.2. The summed E-state index contributed by atoms with van der Waals surface area (Å²) in [6, 6.07) is 0.583. The lowest BCUT2D eigenvalue weighted by atomic mass is 9.57. The predicted octanol–water partition coefficient (Wildman–Crippen LogP) is 0.320. The van der Waals surface area contributed by atoms with E-state index in [1.54, 1.807) is 19.0 Å². The van der Waals surface area contributed by atoms with Crippen LogP contribution in [0.2, 0.25) is 0 Å². The highest BCUT2D eigenvalue weighted by Crippen LogP contribution is 2.51. The summed E-state index contributed by atoms with van der Waals surface area (Å²) in [6.45, 7) is 0.699. The number of phenols is 1. The maximum atomic E-state index is 15.2. The van der Waals surface area contributed by atoms with Crippen LogP contribution >= 0.6 is 0 Å². The summed E-state index contributed by atoms with van der Waals surface area (Å²) in [5.41, 5.74) is 2.23. The number of phenolic OH excluding ortho intramolecular Hbond substituents is 1. The maximum Gasteiger partial charge on any atom is 0.252 e. The van der Waals surface area contributed by atoms with Crippen LogP contribution in [0.5, 0.6) is 5.75 Å². The summed E-state index contributed by atoms with van der Waals surface area (Å²) in [4.78, 5) is 42.5. The van der Waals surface area contributed by atoms with E-state index in [2.05, 4.69) is 0 Å². The Labute approximate surface area is 220 Å². The number of ketones is 2. The van der Waals surface area contributed by atoms with Crippen molar-refractivity contribution in [2.45, 2.75) is 37.3 Å². The van der Waals surface area contributed by atoms with Crippen LogP contribution in [0, 0.1) is 17.7 Å². The van der Waals surface area contributed by atoms with E-state index in [-0.39, 0.29) is 35.3 Å². The first-order valence-electron chi connectivity index (χ1n) is 12.4. The molecule has 0 heterocycles. The minimum atomic E-state index is -2.62. The summed E-state index contributed by atoms with van der Waals surface area (Å²) in [7, 11) is 8.13. The van der Waals surface area contributed by atoms with Gasteiger partial charge in [0.25, 0.3) is 5.91 Å². The number of aliphatic hydroxyl groups is 3. The molecule has 10 nitrogen and oxygen atoms in total. The third-order valence-electron chi connectivity index (χ3n) is 7.70. The van der Waals surface area contributed by atoms with Crippen LogP contribution in [-0.4, -0.2) is 101 Å². The minimum absolute atomic E-state index is 0.00511. The van der Waals surface area contributed by atoms with Gasteiger partial charge in [0.2, 0.25) is 11.6 Å². The number of carbonyl (C=O) groups is 3.